The predicted octanol–water partition coefficient (Wildman–Crippen LogP) is 3.03. The van der Waals surface area contributed by atoms with Gasteiger partial charge >= 0.3 is 0 Å². The fraction of sp³-hybridized carbons (Fsp3) is 0.500. The molecule has 0 fully saturated rings. The van der Waals surface area contributed by atoms with Gasteiger partial charge < -0.3 is 5.73 Å². The molecule has 0 saturated carbocycles. The number of halogens is 1. The molecule has 1 aromatic carbocycles. The van der Waals surface area contributed by atoms with E-state index in [-0.39, 0.29) is 10.8 Å². The summed E-state index contributed by atoms with van der Waals surface area (Å²) in [7, 11) is 2.03. The maximum absolute atomic E-state index is 14.0. The Hall–Kier alpha value is -0.650. The largest absolute Gasteiger partial charge is 0.389 e. The van der Waals surface area contributed by atoms with Crippen LogP contribution in [0, 0.1) is 5.82 Å². The minimum absolute atomic E-state index is 0.229. The van der Waals surface area contributed by atoms with Crippen molar-refractivity contribution >= 4 is 29.0 Å². The zero-order valence-corrected chi connectivity index (χ0v) is 13.3. The van der Waals surface area contributed by atoms with Crippen LogP contribution in [-0.4, -0.2) is 35.0 Å². The summed E-state index contributed by atoms with van der Waals surface area (Å²) in [4.78, 5) is 2.42. The second-order valence-corrected chi connectivity index (χ2v) is 5.95. The maximum Gasteiger partial charge on any atom is 0.128 e. The van der Waals surface area contributed by atoms with E-state index < -0.39 is 0 Å². The van der Waals surface area contributed by atoms with Crippen LogP contribution >= 0.6 is 24.0 Å². The van der Waals surface area contributed by atoms with Crippen molar-refractivity contribution in [1.82, 2.24) is 4.90 Å². The van der Waals surface area contributed by atoms with Gasteiger partial charge in [0.05, 0.1) is 0 Å². The number of nitrogens with two attached hydrogens (primary N) is 1. The third kappa shape index (κ3) is 4.75. The Morgan fingerprint density at radius 1 is 1.53 bits per heavy atom. The number of thioether (sulfide) groups is 1. The third-order valence-electron chi connectivity index (χ3n) is 3.21. The van der Waals surface area contributed by atoms with Gasteiger partial charge in [0, 0.05) is 29.5 Å². The minimum atomic E-state index is -0.240. The van der Waals surface area contributed by atoms with Gasteiger partial charge in [-0.25, -0.2) is 4.39 Å². The van der Waals surface area contributed by atoms with E-state index in [1.807, 2.05) is 18.8 Å². The molecule has 0 spiro atoms. The van der Waals surface area contributed by atoms with Crippen LogP contribution in [0.3, 0.4) is 0 Å². The number of benzene rings is 1. The number of hydrogen-bond acceptors (Lipinski definition) is 3. The van der Waals surface area contributed by atoms with E-state index in [2.05, 4.69) is 18.1 Å². The Balaban J connectivity index is 2.79. The van der Waals surface area contributed by atoms with Crippen molar-refractivity contribution < 1.29 is 4.39 Å². The van der Waals surface area contributed by atoms with Crippen LogP contribution in [0.5, 0.6) is 0 Å². The molecule has 1 unspecified atom stereocenters. The van der Waals surface area contributed by atoms with Crippen LogP contribution < -0.4 is 5.73 Å². The second kappa shape index (κ2) is 7.82. The van der Waals surface area contributed by atoms with E-state index in [9.17, 15) is 4.39 Å². The van der Waals surface area contributed by atoms with E-state index in [1.165, 1.54) is 6.07 Å². The molecule has 0 aliphatic carbocycles. The SMILES string of the molecule is CCC(CSC)N(C)Cc1ccc(C(N)=S)cc1F. The summed E-state index contributed by atoms with van der Waals surface area (Å²) in [5.74, 6) is 0.815. The predicted molar refractivity (Wildman–Crippen MR) is 86.2 cm³/mol. The number of thiocarbonyl (C=S) groups is 1. The normalized spacial score (nSPS) is 12.7. The summed E-state index contributed by atoms with van der Waals surface area (Å²) in [6.45, 7) is 2.76. The smallest absolute Gasteiger partial charge is 0.128 e. The molecular weight excluding hydrogens is 279 g/mol. The summed E-state index contributed by atoms with van der Waals surface area (Å²) in [5.41, 5.74) is 6.76. The molecule has 0 bridgehead atoms. The van der Waals surface area contributed by atoms with Gasteiger partial charge in [0.25, 0.3) is 0 Å². The summed E-state index contributed by atoms with van der Waals surface area (Å²) in [6.07, 6.45) is 3.15. The molecule has 106 valence electrons. The first-order chi connectivity index (χ1) is 8.99. The Morgan fingerprint density at radius 2 is 2.21 bits per heavy atom. The third-order valence-corrected chi connectivity index (χ3v) is 4.16. The Kier molecular flexibility index (Phi) is 6.75. The Labute approximate surface area is 124 Å². The lowest BCUT2D eigenvalue weighted by Crippen LogP contribution is -2.33. The number of hydrogen-bond donors (Lipinski definition) is 1. The van der Waals surface area contributed by atoms with Crippen molar-refractivity contribution in [3.05, 3.63) is 35.1 Å². The molecule has 19 heavy (non-hydrogen) atoms. The van der Waals surface area contributed by atoms with Crippen LogP contribution in [0.1, 0.15) is 24.5 Å². The van der Waals surface area contributed by atoms with E-state index >= 15 is 0 Å². The fourth-order valence-corrected chi connectivity index (χ4v) is 2.98. The molecule has 0 amide bonds. The molecule has 1 atom stereocenters. The summed E-state index contributed by atoms with van der Waals surface area (Å²) in [5, 5.41) is 0. The summed E-state index contributed by atoms with van der Waals surface area (Å²) < 4.78 is 14.0. The molecule has 2 N–H and O–H groups in total. The van der Waals surface area contributed by atoms with Gasteiger partial charge in [0.1, 0.15) is 10.8 Å². The van der Waals surface area contributed by atoms with E-state index in [1.54, 1.807) is 12.1 Å². The van der Waals surface area contributed by atoms with Gasteiger partial charge in [-0.1, -0.05) is 31.3 Å². The standard InChI is InChI=1S/C14H21FN2S2/c1-4-12(9-19-3)17(2)8-11-6-5-10(14(16)18)7-13(11)15/h5-7,12H,4,8-9H2,1-3H3,(H2,16,18). The molecular formula is C14H21FN2S2. The lowest BCUT2D eigenvalue weighted by atomic mass is 10.1. The second-order valence-electron chi connectivity index (χ2n) is 4.60. The molecule has 0 saturated heterocycles. The van der Waals surface area contributed by atoms with Crippen molar-refractivity contribution in [2.75, 3.05) is 19.1 Å². The van der Waals surface area contributed by atoms with Crippen molar-refractivity contribution in [3.63, 3.8) is 0 Å². The highest BCUT2D eigenvalue weighted by Gasteiger charge is 2.14. The molecule has 0 radical (unpaired) electrons. The average Bonchev–Trinajstić information content (AvgIpc) is 2.37. The quantitative estimate of drug-likeness (QED) is 0.784. The van der Waals surface area contributed by atoms with Crippen molar-refractivity contribution in [3.8, 4) is 0 Å². The van der Waals surface area contributed by atoms with Gasteiger partial charge in [-0.05, 0) is 25.8 Å². The monoisotopic (exact) mass is 300 g/mol. The lowest BCUT2D eigenvalue weighted by Gasteiger charge is -2.26. The zero-order valence-electron chi connectivity index (χ0n) is 11.6. The number of nitrogens with zero attached hydrogens (tertiary/aromatic N) is 1. The van der Waals surface area contributed by atoms with Gasteiger partial charge in [-0.15, -0.1) is 0 Å². The minimum Gasteiger partial charge on any atom is -0.389 e. The van der Waals surface area contributed by atoms with Crippen LogP contribution in [0.4, 0.5) is 4.39 Å². The van der Waals surface area contributed by atoms with E-state index in [0.717, 1.165) is 12.2 Å². The average molecular weight is 300 g/mol. The molecule has 0 aliphatic heterocycles. The molecule has 0 aliphatic rings. The van der Waals surface area contributed by atoms with Gasteiger partial charge in [0.15, 0.2) is 0 Å². The number of rotatable bonds is 7. The molecule has 1 aromatic rings. The zero-order chi connectivity index (χ0) is 14.4. The molecule has 2 nitrogen and oxygen atoms in total. The molecule has 1 rings (SSSR count). The lowest BCUT2D eigenvalue weighted by molar-refractivity contribution is 0.244. The van der Waals surface area contributed by atoms with Crippen molar-refractivity contribution in [2.24, 2.45) is 5.73 Å². The van der Waals surface area contributed by atoms with E-state index in [0.29, 0.717) is 23.7 Å². The van der Waals surface area contributed by atoms with Gasteiger partial charge in [-0.2, -0.15) is 11.8 Å². The van der Waals surface area contributed by atoms with E-state index in [4.69, 9.17) is 18.0 Å². The van der Waals surface area contributed by atoms with Crippen molar-refractivity contribution in [1.29, 1.82) is 0 Å². The molecule has 5 heteroatoms. The first-order valence-electron chi connectivity index (χ1n) is 6.27. The highest BCUT2D eigenvalue weighted by Crippen LogP contribution is 2.16. The van der Waals surface area contributed by atoms with Crippen LogP contribution in [0.2, 0.25) is 0 Å². The van der Waals surface area contributed by atoms with Crippen LogP contribution in [-0.2, 0) is 6.54 Å². The topological polar surface area (TPSA) is 29.3 Å². The highest BCUT2D eigenvalue weighted by molar-refractivity contribution is 7.98. The van der Waals surface area contributed by atoms with Crippen molar-refractivity contribution in [2.45, 2.75) is 25.9 Å². The first kappa shape index (κ1) is 16.4. The molecule has 0 aromatic heterocycles. The first-order valence-corrected chi connectivity index (χ1v) is 8.07. The molecule has 0 heterocycles. The summed E-state index contributed by atoms with van der Waals surface area (Å²) in [6, 6.07) is 5.43. The maximum atomic E-state index is 14.0. The van der Waals surface area contributed by atoms with Crippen LogP contribution in [0.25, 0.3) is 0 Å². The van der Waals surface area contributed by atoms with Gasteiger partial charge in [0.2, 0.25) is 0 Å². The van der Waals surface area contributed by atoms with Crippen LogP contribution in [0.15, 0.2) is 18.2 Å². The Morgan fingerprint density at radius 3 is 2.68 bits per heavy atom. The Bertz CT molecular complexity index is 437. The summed E-state index contributed by atoms with van der Waals surface area (Å²) >= 11 is 6.66. The fourth-order valence-electron chi connectivity index (χ4n) is 1.98. The highest BCUT2D eigenvalue weighted by atomic mass is 32.2. The van der Waals surface area contributed by atoms with Gasteiger partial charge in [-0.3, -0.25) is 4.90 Å².